The molecule has 0 fully saturated rings. The average Bonchev–Trinajstić information content (AvgIpc) is 2.98. The summed E-state index contributed by atoms with van der Waals surface area (Å²) in [6, 6.07) is 2.99. The molecule has 0 aliphatic rings. The highest BCUT2D eigenvalue weighted by atomic mass is 19.3. The number of halogens is 2. The van der Waals surface area contributed by atoms with E-state index in [4.69, 9.17) is 9.47 Å². The molecule has 0 spiro atoms. The van der Waals surface area contributed by atoms with E-state index in [-0.39, 0.29) is 17.2 Å². The van der Waals surface area contributed by atoms with Crippen LogP contribution >= 0.6 is 0 Å². The fourth-order valence-electron chi connectivity index (χ4n) is 1.57. The summed E-state index contributed by atoms with van der Waals surface area (Å²) in [7, 11) is 2.68. The van der Waals surface area contributed by atoms with Gasteiger partial charge in [0.1, 0.15) is 12.7 Å². The van der Waals surface area contributed by atoms with Crippen molar-refractivity contribution in [2.24, 2.45) is 5.10 Å². The molecule has 0 amide bonds. The molecule has 0 saturated heterocycles. The van der Waals surface area contributed by atoms with Crippen LogP contribution in [0, 0.1) is 0 Å². The molecular weight excluding hydrogens is 286 g/mol. The van der Waals surface area contributed by atoms with Crippen molar-refractivity contribution in [1.29, 1.82) is 0 Å². The van der Waals surface area contributed by atoms with Crippen LogP contribution in [-0.4, -0.2) is 41.9 Å². The molecule has 0 unspecified atom stereocenters. The van der Waals surface area contributed by atoms with E-state index in [2.05, 4.69) is 20.0 Å². The van der Waals surface area contributed by atoms with E-state index in [0.717, 1.165) is 0 Å². The minimum absolute atomic E-state index is 0.111. The van der Waals surface area contributed by atoms with Gasteiger partial charge >= 0.3 is 6.61 Å². The van der Waals surface area contributed by atoms with Gasteiger partial charge in [0.05, 0.1) is 20.4 Å². The van der Waals surface area contributed by atoms with Crippen LogP contribution in [0.25, 0.3) is 0 Å². The lowest BCUT2D eigenvalue weighted by Gasteiger charge is -2.14. The summed E-state index contributed by atoms with van der Waals surface area (Å²) in [5.41, 5.74) is 0.569. The quantitative estimate of drug-likeness (QED) is 0.760. The van der Waals surface area contributed by atoms with Crippen LogP contribution in [0.2, 0.25) is 0 Å². The standard InChI is InChI=1S/C12H12F2N4O3/c1-19-9-3-8(5-17-18-6-15-16-7-18)4-10(20-2)11(9)21-12(13)14/h3-7,12H,1-2H3/b17-5-. The van der Waals surface area contributed by atoms with Gasteiger partial charge in [0.2, 0.25) is 5.75 Å². The summed E-state index contributed by atoms with van der Waals surface area (Å²) in [6.07, 6.45) is 4.28. The minimum atomic E-state index is -2.98. The molecule has 1 aromatic heterocycles. The second-order valence-corrected chi connectivity index (χ2v) is 3.72. The molecule has 9 heteroatoms. The molecule has 0 aliphatic heterocycles. The number of aromatic nitrogens is 3. The second kappa shape index (κ2) is 6.64. The second-order valence-electron chi connectivity index (χ2n) is 3.72. The molecule has 0 aliphatic carbocycles. The summed E-state index contributed by atoms with van der Waals surface area (Å²) in [5.74, 6) is 0.0520. The zero-order valence-corrected chi connectivity index (χ0v) is 11.2. The predicted molar refractivity (Wildman–Crippen MR) is 69.2 cm³/mol. The van der Waals surface area contributed by atoms with Crippen molar-refractivity contribution < 1.29 is 23.0 Å². The van der Waals surface area contributed by atoms with Gasteiger partial charge in [-0.2, -0.15) is 13.9 Å². The first-order chi connectivity index (χ1) is 10.1. The molecular formula is C12H12F2N4O3. The molecule has 0 bridgehead atoms. The molecule has 7 nitrogen and oxygen atoms in total. The lowest BCUT2D eigenvalue weighted by atomic mass is 10.2. The van der Waals surface area contributed by atoms with Crippen molar-refractivity contribution in [2.75, 3.05) is 14.2 Å². The Kier molecular flexibility index (Phi) is 4.64. The van der Waals surface area contributed by atoms with Crippen molar-refractivity contribution in [3.8, 4) is 17.2 Å². The van der Waals surface area contributed by atoms with Crippen LogP contribution in [0.1, 0.15) is 5.56 Å². The zero-order chi connectivity index (χ0) is 15.2. The smallest absolute Gasteiger partial charge is 0.387 e. The van der Waals surface area contributed by atoms with Gasteiger partial charge in [0.25, 0.3) is 0 Å². The Morgan fingerprint density at radius 1 is 1.14 bits per heavy atom. The summed E-state index contributed by atoms with van der Waals surface area (Å²) in [5, 5.41) is 11.2. The maximum Gasteiger partial charge on any atom is 0.387 e. The Hall–Kier alpha value is -2.71. The fourth-order valence-corrected chi connectivity index (χ4v) is 1.57. The first-order valence-corrected chi connectivity index (χ1v) is 5.74. The number of nitrogens with zero attached hydrogens (tertiary/aromatic N) is 4. The predicted octanol–water partition coefficient (Wildman–Crippen LogP) is 1.78. The Labute approximate surface area is 118 Å². The highest BCUT2D eigenvalue weighted by Crippen LogP contribution is 2.39. The van der Waals surface area contributed by atoms with Gasteiger partial charge in [-0.05, 0) is 12.1 Å². The molecule has 2 rings (SSSR count). The molecule has 1 heterocycles. The largest absolute Gasteiger partial charge is 0.493 e. The Morgan fingerprint density at radius 2 is 1.71 bits per heavy atom. The number of alkyl halides is 2. The molecule has 0 radical (unpaired) electrons. The van der Waals surface area contributed by atoms with Gasteiger partial charge in [-0.25, -0.2) is 4.68 Å². The SMILES string of the molecule is COc1cc(/C=N\n2cnnc2)cc(OC)c1OC(F)F. The Balaban J connectivity index is 2.35. The zero-order valence-electron chi connectivity index (χ0n) is 11.2. The monoisotopic (exact) mass is 298 g/mol. The summed E-state index contributed by atoms with van der Waals surface area (Å²) in [4.78, 5) is 0. The van der Waals surface area contributed by atoms with E-state index in [1.807, 2.05) is 0 Å². The average molecular weight is 298 g/mol. The highest BCUT2D eigenvalue weighted by Gasteiger charge is 2.17. The van der Waals surface area contributed by atoms with Gasteiger partial charge < -0.3 is 14.2 Å². The summed E-state index contributed by atoms with van der Waals surface area (Å²) < 4.78 is 40.7. The number of benzene rings is 1. The van der Waals surface area contributed by atoms with Crippen molar-refractivity contribution in [3.63, 3.8) is 0 Å². The first kappa shape index (κ1) is 14.7. The summed E-state index contributed by atoms with van der Waals surface area (Å²) >= 11 is 0. The van der Waals surface area contributed by atoms with E-state index in [1.54, 1.807) is 0 Å². The molecule has 2 aromatic rings. The van der Waals surface area contributed by atoms with Gasteiger partial charge in [-0.1, -0.05) is 0 Å². The van der Waals surface area contributed by atoms with E-state index in [1.165, 1.54) is 49.9 Å². The van der Waals surface area contributed by atoms with Crippen molar-refractivity contribution >= 4 is 6.21 Å². The van der Waals surface area contributed by atoms with Gasteiger partial charge in [0, 0.05) is 5.56 Å². The maximum atomic E-state index is 12.4. The number of ether oxygens (including phenoxy) is 3. The van der Waals surface area contributed by atoms with Crippen molar-refractivity contribution in [3.05, 3.63) is 30.4 Å². The Bertz CT molecular complexity index is 592. The third-order valence-electron chi connectivity index (χ3n) is 2.44. The lowest BCUT2D eigenvalue weighted by molar-refractivity contribution is -0.0526. The first-order valence-electron chi connectivity index (χ1n) is 5.74. The molecule has 0 saturated carbocycles. The van der Waals surface area contributed by atoms with Crippen LogP contribution < -0.4 is 14.2 Å². The van der Waals surface area contributed by atoms with Crippen LogP contribution in [0.5, 0.6) is 17.2 Å². The van der Waals surface area contributed by atoms with Crippen molar-refractivity contribution in [1.82, 2.24) is 14.9 Å². The van der Waals surface area contributed by atoms with Gasteiger partial charge in [-0.15, -0.1) is 10.2 Å². The van der Waals surface area contributed by atoms with Crippen molar-refractivity contribution in [2.45, 2.75) is 6.61 Å². The number of hydrogen-bond acceptors (Lipinski definition) is 6. The molecule has 0 N–H and O–H groups in total. The van der Waals surface area contributed by atoms with E-state index in [9.17, 15) is 8.78 Å². The Morgan fingerprint density at radius 3 is 2.19 bits per heavy atom. The molecule has 1 aromatic carbocycles. The van der Waals surface area contributed by atoms with E-state index < -0.39 is 6.61 Å². The van der Waals surface area contributed by atoms with Gasteiger partial charge in [0.15, 0.2) is 11.5 Å². The fraction of sp³-hybridized carbons (Fsp3) is 0.250. The number of hydrogen-bond donors (Lipinski definition) is 0. The van der Waals surface area contributed by atoms with Crippen LogP contribution in [0.3, 0.4) is 0 Å². The van der Waals surface area contributed by atoms with Crippen LogP contribution in [-0.2, 0) is 0 Å². The number of rotatable bonds is 6. The van der Waals surface area contributed by atoms with E-state index in [0.29, 0.717) is 5.56 Å². The maximum absolute atomic E-state index is 12.4. The third kappa shape index (κ3) is 3.65. The minimum Gasteiger partial charge on any atom is -0.493 e. The normalized spacial score (nSPS) is 11.1. The topological polar surface area (TPSA) is 70.8 Å². The molecule has 21 heavy (non-hydrogen) atoms. The lowest BCUT2D eigenvalue weighted by Crippen LogP contribution is -2.06. The number of methoxy groups -OCH3 is 2. The molecule has 0 atom stereocenters. The van der Waals surface area contributed by atoms with Crippen LogP contribution in [0.4, 0.5) is 8.78 Å². The highest BCUT2D eigenvalue weighted by molar-refractivity contribution is 5.82. The summed E-state index contributed by atoms with van der Waals surface area (Å²) in [6.45, 7) is -2.98. The van der Waals surface area contributed by atoms with E-state index >= 15 is 0 Å². The third-order valence-corrected chi connectivity index (χ3v) is 2.44. The van der Waals surface area contributed by atoms with Gasteiger partial charge in [-0.3, -0.25) is 0 Å². The van der Waals surface area contributed by atoms with Crippen LogP contribution in [0.15, 0.2) is 29.9 Å². The molecule has 112 valence electrons.